The Morgan fingerprint density at radius 2 is 1.88 bits per heavy atom. The average molecular weight is 247 g/mol. The molecule has 0 N–H and O–H groups in total. The molecule has 1 unspecified atom stereocenters. The van der Waals surface area contributed by atoms with Crippen LogP contribution in [0.15, 0.2) is 0 Å². The van der Waals surface area contributed by atoms with Gasteiger partial charge in [0.25, 0.3) is 0 Å². The van der Waals surface area contributed by atoms with Gasteiger partial charge in [0.2, 0.25) is 5.91 Å². The monoisotopic (exact) mass is 247 g/mol. The van der Waals surface area contributed by atoms with Crippen LogP contribution in [0.1, 0.15) is 26.2 Å². The Morgan fingerprint density at radius 1 is 1.31 bits per heavy atom. The lowest BCUT2D eigenvalue weighted by Crippen LogP contribution is -2.61. The summed E-state index contributed by atoms with van der Waals surface area (Å²) in [6.07, 6.45) is 2.32. The van der Waals surface area contributed by atoms with Crippen molar-refractivity contribution in [2.24, 2.45) is 0 Å². The first-order valence-corrected chi connectivity index (χ1v) is 7.40. The molecule has 0 aliphatic carbocycles. The van der Waals surface area contributed by atoms with Gasteiger partial charge in [-0.3, -0.25) is 4.79 Å². The first kappa shape index (κ1) is 13.6. The van der Waals surface area contributed by atoms with E-state index in [4.69, 9.17) is 13.3 Å². The van der Waals surface area contributed by atoms with Crippen LogP contribution in [0.4, 0.5) is 0 Å². The summed E-state index contributed by atoms with van der Waals surface area (Å²) < 4.78 is 16.4. The van der Waals surface area contributed by atoms with Crippen molar-refractivity contribution in [2.45, 2.75) is 31.9 Å². The molecule has 0 spiro atoms. The molecular weight excluding hydrogens is 226 g/mol. The standard InChI is InChI=1S/C10H21NO4Si/c1-5-10(11-8-6-7-9(11)12)16(13-2,14-3)15-4/h10H,5-8H2,1-4H3. The molecule has 0 aromatic rings. The van der Waals surface area contributed by atoms with Gasteiger partial charge in [0.1, 0.15) is 5.67 Å². The van der Waals surface area contributed by atoms with Crippen LogP contribution < -0.4 is 0 Å². The third-order valence-electron chi connectivity index (χ3n) is 3.13. The molecule has 1 atom stereocenters. The summed E-state index contributed by atoms with van der Waals surface area (Å²) in [7, 11) is 2.01. The van der Waals surface area contributed by atoms with Crippen LogP contribution in [0.3, 0.4) is 0 Å². The summed E-state index contributed by atoms with van der Waals surface area (Å²) in [5.74, 6) is 0.176. The van der Waals surface area contributed by atoms with Crippen LogP contribution in [0.25, 0.3) is 0 Å². The van der Waals surface area contributed by atoms with Gasteiger partial charge in [-0.1, -0.05) is 6.92 Å². The van der Waals surface area contributed by atoms with E-state index in [-0.39, 0.29) is 11.6 Å². The number of hydrogen-bond donors (Lipinski definition) is 0. The van der Waals surface area contributed by atoms with Crippen molar-refractivity contribution in [1.29, 1.82) is 0 Å². The summed E-state index contributed by atoms with van der Waals surface area (Å²) in [5.41, 5.74) is -0.0671. The molecule has 94 valence electrons. The maximum absolute atomic E-state index is 11.8. The molecule has 16 heavy (non-hydrogen) atoms. The predicted octanol–water partition coefficient (Wildman–Crippen LogP) is 0.805. The zero-order valence-corrected chi connectivity index (χ0v) is 11.5. The van der Waals surface area contributed by atoms with E-state index in [1.165, 1.54) is 0 Å². The van der Waals surface area contributed by atoms with E-state index >= 15 is 0 Å². The van der Waals surface area contributed by atoms with Gasteiger partial charge in [0.15, 0.2) is 0 Å². The van der Waals surface area contributed by atoms with Crippen LogP contribution >= 0.6 is 0 Å². The summed E-state index contributed by atoms with van der Waals surface area (Å²) in [5, 5.41) is 0. The number of carbonyl (C=O) groups excluding carboxylic acids is 1. The van der Waals surface area contributed by atoms with E-state index in [2.05, 4.69) is 0 Å². The van der Waals surface area contributed by atoms with Crippen LogP contribution in [-0.2, 0) is 18.1 Å². The molecular formula is C10H21NO4Si. The molecule has 1 fully saturated rings. The highest BCUT2D eigenvalue weighted by Crippen LogP contribution is 2.24. The van der Waals surface area contributed by atoms with Crippen molar-refractivity contribution in [3.63, 3.8) is 0 Å². The molecule has 0 radical (unpaired) electrons. The molecule has 6 heteroatoms. The minimum atomic E-state index is -2.75. The summed E-state index contributed by atoms with van der Waals surface area (Å²) in [6.45, 7) is 2.80. The van der Waals surface area contributed by atoms with Crippen molar-refractivity contribution in [3.8, 4) is 0 Å². The van der Waals surface area contributed by atoms with E-state index in [0.29, 0.717) is 6.42 Å². The smallest absolute Gasteiger partial charge is 0.376 e. The molecule has 1 aliphatic heterocycles. The Balaban J connectivity index is 2.89. The normalized spacial score (nSPS) is 19.2. The van der Waals surface area contributed by atoms with Crippen LogP contribution in [0, 0.1) is 0 Å². The third-order valence-corrected chi connectivity index (χ3v) is 6.38. The molecule has 1 aliphatic rings. The van der Waals surface area contributed by atoms with Gasteiger partial charge in [0, 0.05) is 34.3 Å². The number of carbonyl (C=O) groups is 1. The van der Waals surface area contributed by atoms with Gasteiger partial charge in [-0.25, -0.2) is 0 Å². The van der Waals surface area contributed by atoms with Crippen LogP contribution in [-0.4, -0.2) is 53.2 Å². The Labute approximate surface area is 98.0 Å². The fourth-order valence-corrected chi connectivity index (χ4v) is 4.79. The maximum Gasteiger partial charge on any atom is 0.523 e. The molecule has 5 nitrogen and oxygen atoms in total. The Bertz CT molecular complexity index is 237. The van der Waals surface area contributed by atoms with Crippen molar-refractivity contribution >= 4 is 14.7 Å². The molecule has 1 saturated heterocycles. The SMILES string of the molecule is CCC(N1CCCC1=O)[Si](OC)(OC)OC. The molecule has 0 aromatic carbocycles. The molecule has 0 bridgehead atoms. The van der Waals surface area contributed by atoms with Crippen molar-refractivity contribution in [2.75, 3.05) is 27.9 Å². The second kappa shape index (κ2) is 5.76. The zero-order chi connectivity index (χ0) is 12.2. The van der Waals surface area contributed by atoms with Crippen LogP contribution in [0.2, 0.25) is 0 Å². The minimum absolute atomic E-state index is 0.0671. The molecule has 0 saturated carbocycles. The van der Waals surface area contributed by atoms with Crippen LogP contribution in [0.5, 0.6) is 0 Å². The third kappa shape index (κ3) is 2.29. The average Bonchev–Trinajstić information content (AvgIpc) is 2.72. The fraction of sp³-hybridized carbons (Fsp3) is 0.900. The Hall–Kier alpha value is -0.433. The van der Waals surface area contributed by atoms with Gasteiger partial charge in [-0.2, -0.15) is 0 Å². The van der Waals surface area contributed by atoms with Gasteiger partial charge in [-0.05, 0) is 12.8 Å². The highest BCUT2D eigenvalue weighted by atomic mass is 28.4. The first-order valence-electron chi connectivity index (χ1n) is 5.60. The molecule has 1 heterocycles. The van der Waals surface area contributed by atoms with E-state index < -0.39 is 8.80 Å². The quantitative estimate of drug-likeness (QED) is 0.652. The van der Waals surface area contributed by atoms with Gasteiger partial charge in [0.05, 0.1) is 0 Å². The summed E-state index contributed by atoms with van der Waals surface area (Å²) in [6, 6.07) is 0. The largest absolute Gasteiger partial charge is 0.523 e. The van der Waals surface area contributed by atoms with Gasteiger partial charge >= 0.3 is 8.80 Å². The van der Waals surface area contributed by atoms with Gasteiger partial charge in [-0.15, -0.1) is 0 Å². The second-order valence-electron chi connectivity index (χ2n) is 3.83. The highest BCUT2D eigenvalue weighted by molar-refractivity contribution is 6.62. The van der Waals surface area contributed by atoms with E-state index in [9.17, 15) is 4.79 Å². The predicted molar refractivity (Wildman–Crippen MR) is 61.8 cm³/mol. The van der Waals surface area contributed by atoms with E-state index in [0.717, 1.165) is 19.4 Å². The zero-order valence-electron chi connectivity index (χ0n) is 10.5. The highest BCUT2D eigenvalue weighted by Gasteiger charge is 2.51. The summed E-state index contributed by atoms with van der Waals surface area (Å²) >= 11 is 0. The maximum atomic E-state index is 11.8. The topological polar surface area (TPSA) is 48.0 Å². The van der Waals surface area contributed by atoms with Gasteiger partial charge < -0.3 is 18.2 Å². The lowest BCUT2D eigenvalue weighted by atomic mass is 10.4. The number of nitrogens with zero attached hydrogens (tertiary/aromatic N) is 1. The lowest BCUT2D eigenvalue weighted by molar-refractivity contribution is -0.129. The fourth-order valence-electron chi connectivity index (χ4n) is 2.32. The molecule has 1 amide bonds. The minimum Gasteiger partial charge on any atom is -0.376 e. The van der Waals surface area contributed by atoms with E-state index in [1.54, 1.807) is 21.3 Å². The van der Waals surface area contributed by atoms with Crippen molar-refractivity contribution < 1.29 is 18.1 Å². The van der Waals surface area contributed by atoms with Crippen molar-refractivity contribution in [1.82, 2.24) is 4.90 Å². The first-order chi connectivity index (χ1) is 7.65. The number of likely N-dealkylation sites (tertiary alicyclic amines) is 1. The van der Waals surface area contributed by atoms with E-state index in [1.807, 2.05) is 11.8 Å². The Morgan fingerprint density at radius 3 is 2.19 bits per heavy atom. The van der Waals surface area contributed by atoms with Crippen molar-refractivity contribution in [3.05, 3.63) is 0 Å². The number of amides is 1. The summed E-state index contributed by atoms with van der Waals surface area (Å²) in [4.78, 5) is 13.6. The Kier molecular flexibility index (Phi) is 4.91. The molecule has 0 aromatic heterocycles. The molecule has 1 rings (SSSR count). The number of hydrogen-bond acceptors (Lipinski definition) is 4. The lowest BCUT2D eigenvalue weighted by Gasteiger charge is -2.37. The number of rotatable bonds is 6. The second-order valence-corrected chi connectivity index (χ2v) is 6.93.